The molecule has 1 aromatic rings. The maximum atomic E-state index is 12.2. The van der Waals surface area contributed by atoms with E-state index >= 15 is 0 Å². The third kappa shape index (κ3) is 5.61. The van der Waals surface area contributed by atoms with Gasteiger partial charge in [-0.15, -0.1) is 0 Å². The van der Waals surface area contributed by atoms with E-state index in [4.69, 9.17) is 16.3 Å². The molecule has 138 valence electrons. The van der Waals surface area contributed by atoms with Crippen molar-refractivity contribution in [2.24, 2.45) is 5.92 Å². The first-order chi connectivity index (χ1) is 11.9. The molecule has 25 heavy (non-hydrogen) atoms. The Hall–Kier alpha value is -1.79. The second-order valence-corrected chi connectivity index (χ2v) is 6.87. The molecule has 3 N–H and O–H groups in total. The molecule has 0 spiro atoms. The highest BCUT2D eigenvalue weighted by Crippen LogP contribution is 2.30. The second kappa shape index (κ2) is 9.06. The van der Waals surface area contributed by atoms with E-state index in [9.17, 15) is 9.59 Å². The lowest BCUT2D eigenvalue weighted by Crippen LogP contribution is -2.42. The van der Waals surface area contributed by atoms with Gasteiger partial charge in [0.2, 0.25) is 11.8 Å². The van der Waals surface area contributed by atoms with Crippen LogP contribution in [0.1, 0.15) is 31.7 Å². The van der Waals surface area contributed by atoms with Crippen molar-refractivity contribution in [3.8, 4) is 5.75 Å². The number of anilines is 1. The van der Waals surface area contributed by atoms with E-state index in [2.05, 4.69) is 22.9 Å². The lowest BCUT2D eigenvalue weighted by Gasteiger charge is -2.27. The first-order valence-electron chi connectivity index (χ1n) is 8.55. The summed E-state index contributed by atoms with van der Waals surface area (Å²) in [4.78, 5) is 24.3. The largest absolute Gasteiger partial charge is 0.495 e. The van der Waals surface area contributed by atoms with Crippen LogP contribution in [0, 0.1) is 12.8 Å². The molecule has 1 aliphatic heterocycles. The molecule has 2 rings (SSSR count). The zero-order valence-electron chi connectivity index (χ0n) is 14.9. The third-order valence-corrected chi connectivity index (χ3v) is 4.81. The summed E-state index contributed by atoms with van der Waals surface area (Å²) in [5.41, 5.74) is 1.43. The Balaban J connectivity index is 1.81. The summed E-state index contributed by atoms with van der Waals surface area (Å²) in [5.74, 6) is 0.384. The molecule has 1 heterocycles. The van der Waals surface area contributed by atoms with Crippen molar-refractivity contribution >= 4 is 29.1 Å². The zero-order valence-corrected chi connectivity index (χ0v) is 15.7. The summed E-state index contributed by atoms with van der Waals surface area (Å²) in [7, 11) is 1.52. The molecule has 1 saturated heterocycles. The molecule has 1 fully saturated rings. The van der Waals surface area contributed by atoms with Crippen LogP contribution >= 0.6 is 11.6 Å². The van der Waals surface area contributed by atoms with Gasteiger partial charge in [-0.2, -0.15) is 0 Å². The predicted molar refractivity (Wildman–Crippen MR) is 99.2 cm³/mol. The van der Waals surface area contributed by atoms with Gasteiger partial charge in [0.15, 0.2) is 0 Å². The number of ether oxygens (including phenoxy) is 1. The van der Waals surface area contributed by atoms with Crippen LogP contribution in [0.5, 0.6) is 5.75 Å². The fourth-order valence-electron chi connectivity index (χ4n) is 2.96. The number of halogens is 1. The number of carbonyl (C=O) groups is 2. The lowest BCUT2D eigenvalue weighted by atomic mass is 9.92. The average Bonchev–Trinajstić information content (AvgIpc) is 2.57. The quantitative estimate of drug-likeness (QED) is 0.721. The summed E-state index contributed by atoms with van der Waals surface area (Å²) >= 11 is 6.06. The van der Waals surface area contributed by atoms with Crippen LogP contribution < -0.4 is 20.7 Å². The Bertz CT molecular complexity index is 636. The van der Waals surface area contributed by atoms with Crippen LogP contribution in [0.2, 0.25) is 5.02 Å². The molecule has 1 aromatic carbocycles. The lowest BCUT2D eigenvalue weighted by molar-refractivity contribution is -0.126. The molecule has 2 amide bonds. The average molecular weight is 368 g/mol. The number of methoxy groups -OCH3 is 1. The molecule has 0 aliphatic carbocycles. The van der Waals surface area contributed by atoms with Crippen molar-refractivity contribution in [2.75, 3.05) is 25.5 Å². The summed E-state index contributed by atoms with van der Waals surface area (Å²) in [6.07, 6.45) is 1.87. The minimum Gasteiger partial charge on any atom is -0.495 e. The minimum absolute atomic E-state index is 0.0262. The van der Waals surface area contributed by atoms with Gasteiger partial charge in [-0.25, -0.2) is 0 Å². The maximum absolute atomic E-state index is 12.2. The molecule has 1 aliphatic rings. The number of hydrogen-bond acceptors (Lipinski definition) is 4. The highest BCUT2D eigenvalue weighted by molar-refractivity contribution is 6.31. The molecule has 0 radical (unpaired) electrons. The van der Waals surface area contributed by atoms with Gasteiger partial charge in [0.25, 0.3) is 0 Å². The Morgan fingerprint density at radius 3 is 2.84 bits per heavy atom. The Morgan fingerprint density at radius 1 is 1.40 bits per heavy atom. The van der Waals surface area contributed by atoms with Gasteiger partial charge in [0, 0.05) is 36.0 Å². The third-order valence-electron chi connectivity index (χ3n) is 4.40. The standard InChI is InChI=1S/C18H26ClN3O3/c1-11-8-15(16(25-3)10-14(11)19)22-17(23)5-7-21-18(24)13-4-6-20-12(2)9-13/h8,10,12-13,20H,4-7,9H2,1-3H3,(H,21,24)(H,22,23)/t12-,13-/m0/s1. The number of hydrogen-bond donors (Lipinski definition) is 3. The van der Waals surface area contributed by atoms with Crippen LogP contribution in [0.15, 0.2) is 12.1 Å². The van der Waals surface area contributed by atoms with E-state index < -0.39 is 0 Å². The predicted octanol–water partition coefficient (Wildman–Crippen LogP) is 2.49. The normalized spacial score (nSPS) is 20.0. The fourth-order valence-corrected chi connectivity index (χ4v) is 3.11. The molecular weight excluding hydrogens is 342 g/mol. The number of aryl methyl sites for hydroxylation is 1. The van der Waals surface area contributed by atoms with E-state index in [1.165, 1.54) is 7.11 Å². The summed E-state index contributed by atoms with van der Waals surface area (Å²) in [5, 5.41) is 9.57. The van der Waals surface area contributed by atoms with E-state index in [0.717, 1.165) is 24.9 Å². The van der Waals surface area contributed by atoms with E-state index in [0.29, 0.717) is 29.0 Å². The number of nitrogens with one attached hydrogen (secondary N) is 3. The molecular formula is C18H26ClN3O3. The van der Waals surface area contributed by atoms with Crippen LogP contribution in [-0.2, 0) is 9.59 Å². The fraction of sp³-hybridized carbons (Fsp3) is 0.556. The van der Waals surface area contributed by atoms with Crippen molar-refractivity contribution < 1.29 is 14.3 Å². The van der Waals surface area contributed by atoms with Crippen LogP contribution in [0.3, 0.4) is 0 Å². The Morgan fingerprint density at radius 2 is 2.16 bits per heavy atom. The van der Waals surface area contributed by atoms with Crippen molar-refractivity contribution in [2.45, 2.75) is 39.2 Å². The number of amides is 2. The number of piperidine rings is 1. The second-order valence-electron chi connectivity index (χ2n) is 6.47. The smallest absolute Gasteiger partial charge is 0.226 e. The zero-order chi connectivity index (χ0) is 18.4. The van der Waals surface area contributed by atoms with Crippen LogP contribution in [0.25, 0.3) is 0 Å². The molecule has 0 aromatic heterocycles. The van der Waals surface area contributed by atoms with Crippen molar-refractivity contribution in [3.05, 3.63) is 22.7 Å². The molecule has 6 nitrogen and oxygen atoms in total. The highest BCUT2D eigenvalue weighted by Gasteiger charge is 2.24. The summed E-state index contributed by atoms with van der Waals surface area (Å²) < 4.78 is 5.24. The van der Waals surface area contributed by atoms with Gasteiger partial charge in [-0.3, -0.25) is 9.59 Å². The monoisotopic (exact) mass is 367 g/mol. The highest BCUT2D eigenvalue weighted by atomic mass is 35.5. The molecule has 2 atom stereocenters. The molecule has 7 heteroatoms. The molecule has 0 bridgehead atoms. The number of carbonyl (C=O) groups excluding carboxylic acids is 2. The van der Waals surface area contributed by atoms with E-state index in [1.54, 1.807) is 12.1 Å². The summed E-state index contributed by atoms with van der Waals surface area (Å²) in [6.45, 7) is 5.11. The van der Waals surface area contributed by atoms with Gasteiger partial charge in [0.1, 0.15) is 5.75 Å². The van der Waals surface area contributed by atoms with Crippen LogP contribution in [-0.4, -0.2) is 38.1 Å². The minimum atomic E-state index is -0.181. The van der Waals surface area contributed by atoms with Crippen molar-refractivity contribution in [1.29, 1.82) is 0 Å². The Kier molecular flexibility index (Phi) is 7.08. The Labute approximate surface area is 153 Å². The van der Waals surface area contributed by atoms with Crippen molar-refractivity contribution in [3.63, 3.8) is 0 Å². The number of rotatable bonds is 6. The molecule has 0 saturated carbocycles. The van der Waals surface area contributed by atoms with E-state index in [-0.39, 0.29) is 24.2 Å². The topological polar surface area (TPSA) is 79.5 Å². The molecule has 0 unspecified atom stereocenters. The summed E-state index contributed by atoms with van der Waals surface area (Å²) in [6, 6.07) is 3.80. The first-order valence-corrected chi connectivity index (χ1v) is 8.93. The van der Waals surface area contributed by atoms with Gasteiger partial charge in [-0.05, 0) is 44.9 Å². The maximum Gasteiger partial charge on any atom is 0.226 e. The van der Waals surface area contributed by atoms with Crippen molar-refractivity contribution in [1.82, 2.24) is 10.6 Å². The first kappa shape index (κ1) is 19.5. The van der Waals surface area contributed by atoms with Gasteiger partial charge >= 0.3 is 0 Å². The van der Waals surface area contributed by atoms with Gasteiger partial charge in [-0.1, -0.05) is 11.6 Å². The van der Waals surface area contributed by atoms with E-state index in [1.807, 2.05) is 6.92 Å². The van der Waals surface area contributed by atoms with Gasteiger partial charge < -0.3 is 20.7 Å². The van der Waals surface area contributed by atoms with Crippen LogP contribution in [0.4, 0.5) is 5.69 Å². The van der Waals surface area contributed by atoms with Gasteiger partial charge in [0.05, 0.1) is 12.8 Å². The SMILES string of the molecule is COc1cc(Cl)c(C)cc1NC(=O)CCNC(=O)[C@H]1CCN[C@@H](C)C1. The number of benzene rings is 1.